The predicted molar refractivity (Wildman–Crippen MR) is 66.0 cm³/mol. The zero-order valence-corrected chi connectivity index (χ0v) is 10.2. The van der Waals surface area contributed by atoms with E-state index in [0.717, 1.165) is 0 Å². The van der Waals surface area contributed by atoms with Crippen LogP contribution in [0.2, 0.25) is 0 Å². The lowest BCUT2D eigenvalue weighted by Gasteiger charge is -2.19. The molecule has 0 atom stereocenters. The fraction of sp³-hybridized carbons (Fsp3) is 0.308. The Balaban J connectivity index is 1.76. The minimum Gasteiger partial charge on any atom is -0.448 e. The lowest BCUT2D eigenvalue weighted by atomic mass is 10.1. The molecule has 0 aliphatic carbocycles. The van der Waals surface area contributed by atoms with Gasteiger partial charge in [-0.25, -0.2) is 4.79 Å². The van der Waals surface area contributed by atoms with Gasteiger partial charge in [-0.05, 0) is 12.1 Å². The van der Waals surface area contributed by atoms with Gasteiger partial charge in [0.1, 0.15) is 6.61 Å². The molecular formula is C13H12N2O4. The number of para-hydroxylation sites is 1. The summed E-state index contributed by atoms with van der Waals surface area (Å²) < 4.78 is 4.81. The van der Waals surface area contributed by atoms with Gasteiger partial charge in [0, 0.05) is 13.1 Å². The maximum Gasteiger partial charge on any atom is 0.410 e. The standard InChI is InChI=1S/C13H12N2O4/c16-11-9-3-1-2-4-10(9)15(12(11)17)6-5-14-7-8-19-13(14)18/h1-4H,5-8H2. The number of benzene rings is 1. The van der Waals surface area contributed by atoms with Crippen LogP contribution in [-0.2, 0) is 9.53 Å². The molecule has 19 heavy (non-hydrogen) atoms. The largest absolute Gasteiger partial charge is 0.448 e. The molecule has 2 aliphatic heterocycles. The minimum absolute atomic E-state index is 0.302. The third-order valence-corrected chi connectivity index (χ3v) is 3.32. The van der Waals surface area contributed by atoms with Crippen LogP contribution in [0, 0.1) is 0 Å². The first kappa shape index (κ1) is 11.7. The molecule has 0 bridgehead atoms. The first-order valence-electron chi connectivity index (χ1n) is 6.05. The van der Waals surface area contributed by atoms with Crippen molar-refractivity contribution in [3.05, 3.63) is 29.8 Å². The summed E-state index contributed by atoms with van der Waals surface area (Å²) >= 11 is 0. The Morgan fingerprint density at radius 1 is 1.11 bits per heavy atom. The van der Waals surface area contributed by atoms with Gasteiger partial charge in [-0.3, -0.25) is 9.59 Å². The summed E-state index contributed by atoms with van der Waals surface area (Å²) in [5.41, 5.74) is 1.04. The van der Waals surface area contributed by atoms with Crippen molar-refractivity contribution in [1.29, 1.82) is 0 Å². The number of ether oxygens (including phenoxy) is 1. The van der Waals surface area contributed by atoms with E-state index in [2.05, 4.69) is 0 Å². The molecule has 1 aromatic carbocycles. The molecule has 6 heteroatoms. The van der Waals surface area contributed by atoms with Crippen LogP contribution in [0.4, 0.5) is 10.5 Å². The number of amides is 2. The molecule has 0 saturated carbocycles. The Morgan fingerprint density at radius 2 is 1.89 bits per heavy atom. The Morgan fingerprint density at radius 3 is 2.63 bits per heavy atom. The van der Waals surface area contributed by atoms with Gasteiger partial charge >= 0.3 is 6.09 Å². The molecule has 1 aromatic rings. The summed E-state index contributed by atoms with van der Waals surface area (Å²) in [6.45, 7) is 1.57. The van der Waals surface area contributed by atoms with Gasteiger partial charge in [0.25, 0.3) is 11.7 Å². The van der Waals surface area contributed by atoms with Crippen LogP contribution in [0.15, 0.2) is 24.3 Å². The highest BCUT2D eigenvalue weighted by Crippen LogP contribution is 2.28. The average molecular weight is 260 g/mol. The summed E-state index contributed by atoms with van der Waals surface area (Å²) in [5.74, 6) is -1.02. The highest BCUT2D eigenvalue weighted by Gasteiger charge is 2.35. The van der Waals surface area contributed by atoms with E-state index in [-0.39, 0.29) is 6.09 Å². The fourth-order valence-electron chi connectivity index (χ4n) is 2.32. The highest BCUT2D eigenvalue weighted by atomic mass is 16.6. The van der Waals surface area contributed by atoms with Gasteiger partial charge in [-0.15, -0.1) is 0 Å². The van der Waals surface area contributed by atoms with Crippen molar-refractivity contribution in [3.8, 4) is 0 Å². The quantitative estimate of drug-likeness (QED) is 0.749. The van der Waals surface area contributed by atoms with Gasteiger partial charge in [-0.1, -0.05) is 12.1 Å². The van der Waals surface area contributed by atoms with E-state index >= 15 is 0 Å². The van der Waals surface area contributed by atoms with Gasteiger partial charge in [0.05, 0.1) is 17.8 Å². The topological polar surface area (TPSA) is 66.9 Å². The monoisotopic (exact) mass is 260 g/mol. The molecular weight excluding hydrogens is 248 g/mol. The number of cyclic esters (lactones) is 1. The van der Waals surface area contributed by atoms with Crippen LogP contribution in [0.1, 0.15) is 10.4 Å². The summed E-state index contributed by atoms with van der Waals surface area (Å²) in [6, 6.07) is 6.88. The summed E-state index contributed by atoms with van der Waals surface area (Å²) in [5, 5.41) is 0. The molecule has 1 fully saturated rings. The number of rotatable bonds is 3. The lowest BCUT2D eigenvalue weighted by molar-refractivity contribution is -0.114. The van der Waals surface area contributed by atoms with Crippen LogP contribution < -0.4 is 4.90 Å². The molecule has 6 nitrogen and oxygen atoms in total. The predicted octanol–water partition coefficient (Wildman–Crippen LogP) is 0.668. The summed E-state index contributed by atoms with van der Waals surface area (Å²) in [7, 11) is 0. The van der Waals surface area contributed by atoms with E-state index in [1.165, 1.54) is 9.80 Å². The van der Waals surface area contributed by atoms with Gasteiger partial charge < -0.3 is 14.5 Å². The molecule has 0 aromatic heterocycles. The highest BCUT2D eigenvalue weighted by molar-refractivity contribution is 6.52. The smallest absolute Gasteiger partial charge is 0.410 e. The number of Topliss-reactive ketones (excluding diaryl/α,β-unsaturated/α-hetero) is 1. The Labute approximate surface area is 109 Å². The lowest BCUT2D eigenvalue weighted by Crippen LogP contribution is -2.38. The van der Waals surface area contributed by atoms with Crippen LogP contribution >= 0.6 is 0 Å². The fourth-order valence-corrected chi connectivity index (χ4v) is 2.32. The second kappa shape index (κ2) is 4.38. The molecule has 2 heterocycles. The number of carbonyl (C=O) groups excluding carboxylic acids is 3. The third kappa shape index (κ3) is 1.85. The number of carbonyl (C=O) groups is 3. The SMILES string of the molecule is O=C1C(=O)N(CCN2CCOC2=O)c2ccccc21. The number of ketones is 1. The van der Waals surface area contributed by atoms with Gasteiger partial charge in [-0.2, -0.15) is 0 Å². The van der Waals surface area contributed by atoms with Crippen molar-refractivity contribution in [3.63, 3.8) is 0 Å². The molecule has 98 valence electrons. The average Bonchev–Trinajstić information content (AvgIpc) is 2.93. The van der Waals surface area contributed by atoms with E-state index in [4.69, 9.17) is 4.74 Å². The van der Waals surface area contributed by atoms with Gasteiger partial charge in [0.15, 0.2) is 0 Å². The van der Waals surface area contributed by atoms with Crippen molar-refractivity contribution in [2.24, 2.45) is 0 Å². The molecule has 2 amide bonds. The number of anilines is 1. The van der Waals surface area contributed by atoms with Crippen LogP contribution in [-0.4, -0.2) is 48.9 Å². The zero-order valence-electron chi connectivity index (χ0n) is 10.2. The summed E-state index contributed by atoms with van der Waals surface area (Å²) in [6.07, 6.45) is -0.369. The second-order valence-corrected chi connectivity index (χ2v) is 4.40. The first-order valence-corrected chi connectivity index (χ1v) is 6.05. The molecule has 0 unspecified atom stereocenters. The Hall–Kier alpha value is -2.37. The minimum atomic E-state index is -0.534. The van der Waals surface area contributed by atoms with Crippen molar-refractivity contribution in [1.82, 2.24) is 4.90 Å². The molecule has 0 radical (unpaired) electrons. The number of fused-ring (bicyclic) bond motifs is 1. The van der Waals surface area contributed by atoms with Crippen LogP contribution in [0.3, 0.4) is 0 Å². The Bertz CT molecular complexity index is 570. The zero-order chi connectivity index (χ0) is 13.4. The van der Waals surface area contributed by atoms with E-state index in [1.54, 1.807) is 24.3 Å². The molecule has 0 spiro atoms. The second-order valence-electron chi connectivity index (χ2n) is 4.40. The van der Waals surface area contributed by atoms with E-state index < -0.39 is 11.7 Å². The summed E-state index contributed by atoms with van der Waals surface area (Å²) in [4.78, 5) is 37.9. The molecule has 1 saturated heterocycles. The van der Waals surface area contributed by atoms with Crippen molar-refractivity contribution in [2.45, 2.75) is 0 Å². The van der Waals surface area contributed by atoms with Crippen molar-refractivity contribution >= 4 is 23.5 Å². The first-order chi connectivity index (χ1) is 9.18. The Kier molecular flexibility index (Phi) is 2.70. The number of hydrogen-bond donors (Lipinski definition) is 0. The van der Waals surface area contributed by atoms with E-state index in [9.17, 15) is 14.4 Å². The maximum absolute atomic E-state index is 11.9. The maximum atomic E-state index is 11.9. The molecule has 0 N–H and O–H groups in total. The normalized spacial score (nSPS) is 18.0. The van der Waals surface area contributed by atoms with Crippen LogP contribution in [0.5, 0.6) is 0 Å². The number of nitrogens with zero attached hydrogens (tertiary/aromatic N) is 2. The molecule has 2 aliphatic rings. The van der Waals surface area contributed by atoms with Crippen LogP contribution in [0.25, 0.3) is 0 Å². The van der Waals surface area contributed by atoms with E-state index in [1.807, 2.05) is 0 Å². The molecule has 3 rings (SSSR count). The van der Waals surface area contributed by atoms with Crippen molar-refractivity contribution < 1.29 is 19.1 Å². The van der Waals surface area contributed by atoms with E-state index in [0.29, 0.717) is 37.5 Å². The third-order valence-electron chi connectivity index (χ3n) is 3.32. The number of hydrogen-bond acceptors (Lipinski definition) is 4. The van der Waals surface area contributed by atoms with Gasteiger partial charge in [0.2, 0.25) is 0 Å². The van der Waals surface area contributed by atoms with Crippen molar-refractivity contribution in [2.75, 3.05) is 31.1 Å².